The number of urea groups is 1. The summed E-state index contributed by atoms with van der Waals surface area (Å²) in [4.78, 5) is 28.2. The van der Waals surface area contributed by atoms with E-state index in [4.69, 9.17) is 11.6 Å². The number of benzene rings is 1. The van der Waals surface area contributed by atoms with E-state index in [-0.39, 0.29) is 17.7 Å². The molecular formula is C16H18ClN3O2S2. The van der Waals surface area contributed by atoms with E-state index in [1.807, 2.05) is 12.1 Å². The van der Waals surface area contributed by atoms with Crippen molar-refractivity contribution in [3.63, 3.8) is 0 Å². The second-order valence-corrected chi connectivity index (χ2v) is 8.43. The van der Waals surface area contributed by atoms with Gasteiger partial charge in [0.2, 0.25) is 5.91 Å². The van der Waals surface area contributed by atoms with Gasteiger partial charge in [0, 0.05) is 11.1 Å². The monoisotopic (exact) mass is 383 g/mol. The molecule has 5 nitrogen and oxygen atoms in total. The van der Waals surface area contributed by atoms with Crippen LogP contribution in [-0.2, 0) is 4.79 Å². The molecular weight excluding hydrogens is 366 g/mol. The number of nitrogens with zero attached hydrogens (tertiary/aromatic N) is 1. The number of amides is 3. The normalized spacial score (nSPS) is 15.4. The molecule has 0 saturated heterocycles. The minimum absolute atomic E-state index is 0.158. The predicted molar refractivity (Wildman–Crippen MR) is 98.9 cm³/mol. The standard InChI is InChI=1S/C16H18ClN3O2S2/c17-10-6-7-13-12(8-10)19-16(24-13)23-9-14(21)20-15(22)18-11-4-2-1-3-5-11/h6-8,11H,1-5,9H2,(H2,18,20,21,22). The van der Waals surface area contributed by atoms with Gasteiger partial charge in [0.25, 0.3) is 0 Å². The van der Waals surface area contributed by atoms with E-state index in [0.29, 0.717) is 5.02 Å². The first-order valence-electron chi connectivity index (χ1n) is 7.89. The number of hydrogen-bond acceptors (Lipinski definition) is 5. The van der Waals surface area contributed by atoms with Crippen LogP contribution >= 0.6 is 34.7 Å². The fraction of sp³-hybridized carbons (Fsp3) is 0.438. The lowest BCUT2D eigenvalue weighted by atomic mass is 9.96. The second-order valence-electron chi connectivity index (χ2n) is 5.74. The lowest BCUT2D eigenvalue weighted by molar-refractivity contribution is -0.117. The summed E-state index contributed by atoms with van der Waals surface area (Å²) in [6.07, 6.45) is 5.48. The summed E-state index contributed by atoms with van der Waals surface area (Å²) in [5.41, 5.74) is 0.824. The molecule has 2 aromatic rings. The van der Waals surface area contributed by atoms with E-state index in [1.165, 1.54) is 29.5 Å². The number of halogens is 1. The number of hydrogen-bond donors (Lipinski definition) is 2. The average Bonchev–Trinajstić information content (AvgIpc) is 2.95. The first-order chi connectivity index (χ1) is 11.6. The van der Waals surface area contributed by atoms with Gasteiger partial charge in [0.15, 0.2) is 4.34 Å². The van der Waals surface area contributed by atoms with E-state index in [1.54, 1.807) is 6.07 Å². The van der Waals surface area contributed by atoms with Gasteiger partial charge in [-0.2, -0.15) is 0 Å². The molecule has 1 aromatic carbocycles. The zero-order valence-corrected chi connectivity index (χ0v) is 15.4. The number of rotatable bonds is 4. The number of nitrogens with one attached hydrogen (secondary N) is 2. The Morgan fingerprint density at radius 1 is 1.29 bits per heavy atom. The number of imide groups is 1. The minimum atomic E-state index is -0.399. The minimum Gasteiger partial charge on any atom is -0.335 e. The van der Waals surface area contributed by atoms with E-state index in [9.17, 15) is 9.59 Å². The molecule has 2 N–H and O–H groups in total. The zero-order chi connectivity index (χ0) is 16.9. The van der Waals surface area contributed by atoms with Crippen molar-refractivity contribution in [2.45, 2.75) is 42.5 Å². The molecule has 8 heteroatoms. The zero-order valence-electron chi connectivity index (χ0n) is 13.0. The maximum atomic E-state index is 11.9. The molecule has 0 radical (unpaired) electrons. The molecule has 128 valence electrons. The van der Waals surface area contributed by atoms with Crippen molar-refractivity contribution in [3.8, 4) is 0 Å². The summed E-state index contributed by atoms with van der Waals surface area (Å²) in [5.74, 6) is -0.156. The highest BCUT2D eigenvalue weighted by Crippen LogP contribution is 2.30. The van der Waals surface area contributed by atoms with Crippen molar-refractivity contribution in [2.24, 2.45) is 0 Å². The van der Waals surface area contributed by atoms with Crippen LogP contribution in [0, 0.1) is 0 Å². The largest absolute Gasteiger partial charge is 0.335 e. The van der Waals surface area contributed by atoms with Crippen LogP contribution in [-0.4, -0.2) is 28.7 Å². The van der Waals surface area contributed by atoms with Crippen molar-refractivity contribution in [1.29, 1.82) is 0 Å². The number of aromatic nitrogens is 1. The molecule has 1 aliphatic rings. The molecule has 0 aliphatic heterocycles. The second kappa shape index (κ2) is 8.18. The molecule has 1 saturated carbocycles. The van der Waals surface area contributed by atoms with Gasteiger partial charge in [0.1, 0.15) is 0 Å². The molecule has 3 amide bonds. The van der Waals surface area contributed by atoms with Crippen LogP contribution in [0.5, 0.6) is 0 Å². The lowest BCUT2D eigenvalue weighted by Crippen LogP contribution is -2.45. The van der Waals surface area contributed by atoms with Gasteiger partial charge in [-0.05, 0) is 31.0 Å². The van der Waals surface area contributed by atoms with Crippen molar-refractivity contribution >= 4 is 56.9 Å². The van der Waals surface area contributed by atoms with Gasteiger partial charge in [-0.15, -0.1) is 11.3 Å². The maximum Gasteiger partial charge on any atom is 0.321 e. The maximum absolute atomic E-state index is 11.9. The number of carbonyl (C=O) groups is 2. The summed E-state index contributed by atoms with van der Waals surface area (Å²) in [6, 6.07) is 5.32. The van der Waals surface area contributed by atoms with Crippen molar-refractivity contribution in [2.75, 3.05) is 5.75 Å². The number of thioether (sulfide) groups is 1. The molecule has 0 spiro atoms. The van der Waals surface area contributed by atoms with Crippen LogP contribution in [0.2, 0.25) is 5.02 Å². The van der Waals surface area contributed by atoms with Crippen LogP contribution in [0.4, 0.5) is 4.79 Å². The van der Waals surface area contributed by atoms with E-state index in [2.05, 4.69) is 15.6 Å². The molecule has 1 aliphatic carbocycles. The van der Waals surface area contributed by atoms with Crippen LogP contribution in [0.15, 0.2) is 22.5 Å². The van der Waals surface area contributed by atoms with Gasteiger partial charge < -0.3 is 5.32 Å². The Balaban J connectivity index is 1.46. The Labute approximate surface area is 153 Å². The number of carbonyl (C=O) groups excluding carboxylic acids is 2. The van der Waals surface area contributed by atoms with E-state index < -0.39 is 6.03 Å². The molecule has 1 fully saturated rings. The van der Waals surface area contributed by atoms with E-state index in [0.717, 1.165) is 40.2 Å². The number of fused-ring (bicyclic) bond motifs is 1. The van der Waals surface area contributed by atoms with Gasteiger partial charge in [-0.1, -0.05) is 42.6 Å². The molecule has 1 aromatic heterocycles. The molecule has 1 heterocycles. The topological polar surface area (TPSA) is 71.1 Å². The summed E-state index contributed by atoms with van der Waals surface area (Å²) in [6.45, 7) is 0. The third-order valence-corrected chi connectivity index (χ3v) is 6.26. The Bertz CT molecular complexity index is 744. The van der Waals surface area contributed by atoms with Crippen LogP contribution in [0.1, 0.15) is 32.1 Å². The quantitative estimate of drug-likeness (QED) is 0.776. The predicted octanol–water partition coefficient (Wildman–Crippen LogP) is 4.20. The number of thiazole rings is 1. The van der Waals surface area contributed by atoms with Crippen molar-refractivity contribution < 1.29 is 9.59 Å². The fourth-order valence-corrected chi connectivity index (χ4v) is 4.71. The van der Waals surface area contributed by atoms with Crippen LogP contribution < -0.4 is 10.6 Å². The SMILES string of the molecule is O=C(CSc1nc2cc(Cl)ccc2s1)NC(=O)NC1CCCCC1. The Kier molecular flexibility index (Phi) is 5.97. The highest BCUT2D eigenvalue weighted by atomic mass is 35.5. The summed E-state index contributed by atoms with van der Waals surface area (Å²) in [7, 11) is 0. The molecule has 0 atom stereocenters. The smallest absolute Gasteiger partial charge is 0.321 e. The van der Waals surface area contributed by atoms with Gasteiger partial charge >= 0.3 is 6.03 Å². The van der Waals surface area contributed by atoms with E-state index >= 15 is 0 Å². The first-order valence-corrected chi connectivity index (χ1v) is 10.1. The van der Waals surface area contributed by atoms with Crippen LogP contribution in [0.3, 0.4) is 0 Å². The average molecular weight is 384 g/mol. The van der Waals surface area contributed by atoms with Crippen LogP contribution in [0.25, 0.3) is 10.2 Å². The molecule has 0 bridgehead atoms. The molecule has 3 rings (SSSR count). The van der Waals surface area contributed by atoms with Gasteiger partial charge in [-0.25, -0.2) is 9.78 Å². The van der Waals surface area contributed by atoms with Gasteiger partial charge in [-0.3, -0.25) is 10.1 Å². The highest BCUT2D eigenvalue weighted by Gasteiger charge is 2.17. The summed E-state index contributed by atoms with van der Waals surface area (Å²) < 4.78 is 1.81. The Morgan fingerprint density at radius 3 is 2.88 bits per heavy atom. The molecule has 0 unspecified atom stereocenters. The van der Waals surface area contributed by atoms with Crippen molar-refractivity contribution in [1.82, 2.24) is 15.6 Å². The summed E-state index contributed by atoms with van der Waals surface area (Å²) in [5, 5.41) is 5.89. The Hall–Kier alpha value is -1.31. The highest BCUT2D eigenvalue weighted by molar-refractivity contribution is 8.01. The van der Waals surface area contributed by atoms with Crippen molar-refractivity contribution in [3.05, 3.63) is 23.2 Å². The third kappa shape index (κ3) is 4.84. The molecule has 24 heavy (non-hydrogen) atoms. The first kappa shape index (κ1) is 17.5. The summed E-state index contributed by atoms with van der Waals surface area (Å²) >= 11 is 8.77. The third-order valence-electron chi connectivity index (χ3n) is 3.85. The fourth-order valence-electron chi connectivity index (χ4n) is 2.70. The Morgan fingerprint density at radius 2 is 2.08 bits per heavy atom. The lowest BCUT2D eigenvalue weighted by Gasteiger charge is -2.22. The van der Waals surface area contributed by atoms with Gasteiger partial charge in [0.05, 0.1) is 16.0 Å².